The second kappa shape index (κ2) is 8.79. The highest BCUT2D eigenvalue weighted by atomic mass is 19.4. The molecule has 0 radical (unpaired) electrons. The van der Waals surface area contributed by atoms with Crippen molar-refractivity contribution in [1.82, 2.24) is 5.32 Å². The average Bonchev–Trinajstić information content (AvgIpc) is 2.72. The van der Waals surface area contributed by atoms with E-state index in [1.54, 1.807) is 11.0 Å². The van der Waals surface area contributed by atoms with Gasteiger partial charge in [-0.1, -0.05) is 12.1 Å². The number of methoxy groups -OCH3 is 1. The summed E-state index contributed by atoms with van der Waals surface area (Å²) in [6.07, 6.45) is -4.87. The molecule has 5 nitrogen and oxygen atoms in total. The SMILES string of the molecule is COc1ccc(C2CCN(c3cccc(F)c3C#N)CC2NC(=O)C(F)(F)F)cc1F. The summed E-state index contributed by atoms with van der Waals surface area (Å²) in [6, 6.07) is 8.72. The van der Waals surface area contributed by atoms with Crippen LogP contribution in [0.4, 0.5) is 27.6 Å². The van der Waals surface area contributed by atoms with Crippen molar-refractivity contribution in [2.45, 2.75) is 24.6 Å². The number of ether oxygens (including phenoxy) is 1. The molecule has 1 aliphatic rings. The molecule has 1 aliphatic heterocycles. The van der Waals surface area contributed by atoms with Crippen molar-refractivity contribution in [3.63, 3.8) is 0 Å². The highest BCUT2D eigenvalue weighted by Gasteiger charge is 2.42. The van der Waals surface area contributed by atoms with Crippen LogP contribution in [0.25, 0.3) is 0 Å². The first-order chi connectivity index (χ1) is 14.7. The number of nitrogens with one attached hydrogen (secondary N) is 1. The van der Waals surface area contributed by atoms with E-state index in [0.29, 0.717) is 5.56 Å². The molecule has 1 heterocycles. The van der Waals surface area contributed by atoms with Gasteiger partial charge in [-0.25, -0.2) is 8.78 Å². The minimum Gasteiger partial charge on any atom is -0.494 e. The Bertz CT molecular complexity index is 1020. The molecule has 0 aliphatic carbocycles. The molecule has 3 rings (SSSR count). The fourth-order valence-corrected chi connectivity index (χ4v) is 3.77. The van der Waals surface area contributed by atoms with Crippen LogP contribution in [0, 0.1) is 23.0 Å². The number of carbonyl (C=O) groups is 1. The van der Waals surface area contributed by atoms with Gasteiger partial charge in [-0.15, -0.1) is 0 Å². The Kier molecular flexibility index (Phi) is 6.34. The molecule has 1 N–H and O–H groups in total. The van der Waals surface area contributed by atoms with E-state index in [-0.39, 0.29) is 36.5 Å². The van der Waals surface area contributed by atoms with Crippen molar-refractivity contribution >= 4 is 11.6 Å². The van der Waals surface area contributed by atoms with Gasteiger partial charge in [0.15, 0.2) is 11.6 Å². The highest BCUT2D eigenvalue weighted by Crippen LogP contribution is 2.34. The van der Waals surface area contributed by atoms with Gasteiger partial charge < -0.3 is 15.0 Å². The number of nitrogens with zero attached hydrogens (tertiary/aromatic N) is 2. The Morgan fingerprint density at radius 3 is 2.58 bits per heavy atom. The van der Waals surface area contributed by atoms with Crippen molar-refractivity contribution in [1.29, 1.82) is 5.26 Å². The van der Waals surface area contributed by atoms with Gasteiger partial charge in [0.05, 0.1) is 18.8 Å². The monoisotopic (exact) mass is 439 g/mol. The van der Waals surface area contributed by atoms with Crippen LogP contribution < -0.4 is 15.0 Å². The van der Waals surface area contributed by atoms with Gasteiger partial charge in [0.25, 0.3) is 0 Å². The van der Waals surface area contributed by atoms with Crippen LogP contribution in [0.5, 0.6) is 5.75 Å². The third-order valence-electron chi connectivity index (χ3n) is 5.23. The van der Waals surface area contributed by atoms with E-state index in [1.165, 1.54) is 31.4 Å². The molecule has 31 heavy (non-hydrogen) atoms. The number of amides is 1. The maximum atomic E-state index is 14.2. The average molecular weight is 439 g/mol. The number of alkyl halides is 3. The quantitative estimate of drug-likeness (QED) is 0.735. The fraction of sp³-hybridized carbons (Fsp3) is 0.333. The summed E-state index contributed by atoms with van der Waals surface area (Å²) in [7, 11) is 1.29. The lowest BCUT2D eigenvalue weighted by atomic mass is 9.84. The number of hydrogen-bond acceptors (Lipinski definition) is 4. The predicted octanol–water partition coefficient (Wildman–Crippen LogP) is 3.89. The number of hydrogen-bond donors (Lipinski definition) is 1. The molecule has 1 saturated heterocycles. The number of piperidine rings is 1. The topological polar surface area (TPSA) is 65.4 Å². The molecule has 2 aromatic carbocycles. The number of rotatable bonds is 4. The molecular weight excluding hydrogens is 421 g/mol. The summed E-state index contributed by atoms with van der Waals surface area (Å²) < 4.78 is 71.7. The van der Waals surface area contributed by atoms with E-state index in [2.05, 4.69) is 0 Å². The number of carbonyl (C=O) groups excluding carboxylic acids is 1. The number of anilines is 1. The molecule has 0 saturated carbocycles. The van der Waals surface area contributed by atoms with E-state index in [1.807, 2.05) is 5.32 Å². The van der Waals surface area contributed by atoms with Crippen molar-refractivity contribution in [2.75, 3.05) is 25.1 Å². The third kappa shape index (κ3) is 4.71. The summed E-state index contributed by atoms with van der Waals surface area (Å²) in [6.45, 7) is 0.132. The van der Waals surface area contributed by atoms with Crippen molar-refractivity contribution in [3.05, 3.63) is 59.2 Å². The molecule has 1 fully saturated rings. The van der Waals surface area contributed by atoms with Gasteiger partial charge in [0.2, 0.25) is 0 Å². The third-order valence-corrected chi connectivity index (χ3v) is 5.23. The van der Waals surface area contributed by atoms with Crippen LogP contribution in [0.15, 0.2) is 36.4 Å². The standard InChI is InChI=1S/C21H18F5N3O2/c1-31-19-6-5-12(9-16(19)23)13-7-8-29(11-17(13)28-20(30)21(24,25)26)18-4-2-3-15(22)14(18)10-27/h2-6,9,13,17H,7-8,11H2,1H3,(H,28,30). The van der Waals surface area contributed by atoms with E-state index in [9.17, 15) is 32.0 Å². The van der Waals surface area contributed by atoms with Gasteiger partial charge in [0, 0.05) is 19.0 Å². The Morgan fingerprint density at radius 1 is 1.23 bits per heavy atom. The van der Waals surface area contributed by atoms with E-state index in [4.69, 9.17) is 4.74 Å². The van der Waals surface area contributed by atoms with E-state index >= 15 is 0 Å². The van der Waals surface area contributed by atoms with Crippen LogP contribution in [0.1, 0.15) is 23.5 Å². The van der Waals surface area contributed by atoms with Crippen LogP contribution in [0.2, 0.25) is 0 Å². The highest BCUT2D eigenvalue weighted by molar-refractivity contribution is 5.82. The largest absolute Gasteiger partial charge is 0.494 e. The maximum Gasteiger partial charge on any atom is 0.471 e. The lowest BCUT2D eigenvalue weighted by Gasteiger charge is -2.40. The summed E-state index contributed by atoms with van der Waals surface area (Å²) >= 11 is 0. The zero-order valence-electron chi connectivity index (χ0n) is 16.3. The minimum absolute atomic E-state index is 0.0181. The first kappa shape index (κ1) is 22.3. The Labute approximate surface area is 175 Å². The van der Waals surface area contributed by atoms with Crippen LogP contribution >= 0.6 is 0 Å². The summed E-state index contributed by atoms with van der Waals surface area (Å²) in [5.41, 5.74) is 0.371. The second-order valence-corrected chi connectivity index (χ2v) is 7.06. The molecule has 2 unspecified atom stereocenters. The lowest BCUT2D eigenvalue weighted by Crippen LogP contribution is -2.54. The summed E-state index contributed by atoms with van der Waals surface area (Å²) in [5.74, 6) is -4.22. The number of halogens is 5. The van der Waals surface area contributed by atoms with E-state index < -0.39 is 35.7 Å². The molecule has 2 aromatic rings. The summed E-state index contributed by atoms with van der Waals surface area (Å²) in [4.78, 5) is 13.2. The second-order valence-electron chi connectivity index (χ2n) is 7.06. The van der Waals surface area contributed by atoms with Crippen molar-refractivity contribution in [3.8, 4) is 11.8 Å². The normalized spacial score (nSPS) is 18.9. The molecule has 2 atom stereocenters. The van der Waals surface area contributed by atoms with E-state index in [0.717, 1.165) is 12.1 Å². The zero-order valence-corrected chi connectivity index (χ0v) is 16.3. The first-order valence-electron chi connectivity index (χ1n) is 9.30. The maximum absolute atomic E-state index is 14.2. The minimum atomic E-state index is -5.10. The molecule has 164 valence electrons. The van der Waals surface area contributed by atoms with Crippen molar-refractivity contribution in [2.24, 2.45) is 0 Å². The van der Waals surface area contributed by atoms with Gasteiger partial charge in [-0.2, -0.15) is 18.4 Å². The van der Waals surface area contributed by atoms with Crippen LogP contribution in [-0.4, -0.2) is 38.3 Å². The fourth-order valence-electron chi connectivity index (χ4n) is 3.77. The molecule has 10 heteroatoms. The van der Waals surface area contributed by atoms with Crippen LogP contribution in [-0.2, 0) is 4.79 Å². The van der Waals surface area contributed by atoms with Gasteiger partial charge in [-0.3, -0.25) is 4.79 Å². The number of benzene rings is 2. The molecular formula is C21H18F5N3O2. The first-order valence-corrected chi connectivity index (χ1v) is 9.30. The summed E-state index contributed by atoms with van der Waals surface area (Å²) in [5, 5.41) is 11.2. The smallest absolute Gasteiger partial charge is 0.471 e. The van der Waals surface area contributed by atoms with Crippen molar-refractivity contribution < 1.29 is 31.5 Å². The predicted molar refractivity (Wildman–Crippen MR) is 102 cm³/mol. The van der Waals surface area contributed by atoms with Gasteiger partial charge in [0.1, 0.15) is 17.4 Å². The Morgan fingerprint density at radius 2 is 1.97 bits per heavy atom. The number of nitriles is 1. The Balaban J connectivity index is 1.95. The molecule has 0 aromatic heterocycles. The lowest BCUT2D eigenvalue weighted by molar-refractivity contribution is -0.174. The molecule has 0 spiro atoms. The van der Waals surface area contributed by atoms with Gasteiger partial charge in [-0.05, 0) is 36.2 Å². The van der Waals surface area contributed by atoms with Gasteiger partial charge >= 0.3 is 12.1 Å². The molecule has 0 bridgehead atoms. The Hall–Kier alpha value is -3.35. The molecule has 1 amide bonds. The van der Waals surface area contributed by atoms with Crippen LogP contribution in [0.3, 0.4) is 0 Å². The zero-order chi connectivity index (χ0) is 22.8.